The number of aromatic nitrogens is 2. The fraction of sp³-hybridized carbons (Fsp3) is 0.273. The maximum Gasteiger partial charge on any atom is 0.417 e. The van der Waals surface area contributed by atoms with Crippen LogP contribution in [0.5, 0.6) is 0 Å². The largest absolute Gasteiger partial charge is 0.417 e. The van der Waals surface area contributed by atoms with E-state index < -0.39 is 44.7 Å². The second-order valence-corrected chi connectivity index (χ2v) is 10.6. The zero-order valence-corrected chi connectivity index (χ0v) is 20.5. The van der Waals surface area contributed by atoms with Gasteiger partial charge >= 0.3 is 6.18 Å². The zero-order valence-electron chi connectivity index (χ0n) is 18.1. The van der Waals surface area contributed by atoms with E-state index >= 15 is 0 Å². The highest BCUT2D eigenvalue weighted by atomic mass is 35.5. The number of halogens is 5. The maximum absolute atomic E-state index is 13.3. The first-order valence-electron chi connectivity index (χ1n) is 10.3. The molecule has 4 rings (SSSR count). The van der Waals surface area contributed by atoms with Crippen molar-refractivity contribution in [3.05, 3.63) is 81.7 Å². The molecule has 0 unspecified atom stereocenters. The van der Waals surface area contributed by atoms with Crippen molar-refractivity contribution in [2.75, 3.05) is 13.1 Å². The van der Waals surface area contributed by atoms with Crippen LogP contribution in [0.15, 0.2) is 59.9 Å². The van der Waals surface area contributed by atoms with Crippen molar-refractivity contribution in [3.8, 4) is 0 Å². The normalized spacial score (nSPS) is 19.1. The van der Waals surface area contributed by atoms with Crippen LogP contribution in [0.3, 0.4) is 0 Å². The molecule has 0 spiro atoms. The molecular formula is C22H19Cl2F3N4O3S. The van der Waals surface area contributed by atoms with Crippen LogP contribution in [-0.2, 0) is 23.2 Å². The second kappa shape index (κ2) is 9.45. The second-order valence-electron chi connectivity index (χ2n) is 8.04. The summed E-state index contributed by atoms with van der Waals surface area (Å²) >= 11 is 12.0. The van der Waals surface area contributed by atoms with E-state index in [0.717, 1.165) is 22.0 Å². The van der Waals surface area contributed by atoms with Crippen molar-refractivity contribution in [2.24, 2.45) is 7.05 Å². The number of sulfonamides is 1. The molecular weight excluding hydrogens is 528 g/mol. The van der Waals surface area contributed by atoms with Crippen LogP contribution in [0.1, 0.15) is 27.4 Å². The molecule has 1 N–H and O–H groups in total. The predicted molar refractivity (Wildman–Crippen MR) is 124 cm³/mol. The van der Waals surface area contributed by atoms with Crippen LogP contribution in [0, 0.1) is 0 Å². The van der Waals surface area contributed by atoms with E-state index in [1.807, 2.05) is 0 Å². The lowest BCUT2D eigenvalue weighted by Gasteiger charge is -2.21. The number of hydrogen-bond acceptors (Lipinski definition) is 4. The van der Waals surface area contributed by atoms with Gasteiger partial charge in [0.15, 0.2) is 0 Å². The molecule has 0 radical (unpaired) electrons. The van der Waals surface area contributed by atoms with Gasteiger partial charge in [0.25, 0.3) is 15.9 Å². The number of rotatable bonds is 5. The third-order valence-corrected chi connectivity index (χ3v) is 8.53. The first-order chi connectivity index (χ1) is 16.4. The number of nitrogens with zero attached hydrogens (tertiary/aromatic N) is 3. The fourth-order valence-corrected chi connectivity index (χ4v) is 6.21. The molecule has 1 aliphatic heterocycles. The number of carbonyl (C=O) groups is 1. The summed E-state index contributed by atoms with van der Waals surface area (Å²) in [5.74, 6) is -1.33. The first-order valence-corrected chi connectivity index (χ1v) is 12.5. The zero-order chi connectivity index (χ0) is 25.5. The van der Waals surface area contributed by atoms with E-state index in [-0.39, 0.29) is 28.8 Å². The van der Waals surface area contributed by atoms with Gasteiger partial charge in [-0.2, -0.15) is 17.5 Å². The summed E-state index contributed by atoms with van der Waals surface area (Å²) in [6.07, 6.45) is -3.46. The maximum atomic E-state index is 13.3. The number of benzene rings is 2. The minimum absolute atomic E-state index is 0.000515. The molecule has 2 atom stereocenters. The Bertz CT molecular complexity index is 1360. The van der Waals surface area contributed by atoms with Gasteiger partial charge in [-0.3, -0.25) is 4.79 Å². The van der Waals surface area contributed by atoms with Crippen molar-refractivity contribution < 1.29 is 26.4 Å². The van der Waals surface area contributed by atoms with Crippen molar-refractivity contribution in [2.45, 2.75) is 23.2 Å². The van der Waals surface area contributed by atoms with E-state index in [1.54, 1.807) is 37.4 Å². The van der Waals surface area contributed by atoms with Crippen molar-refractivity contribution in [1.82, 2.24) is 19.2 Å². The molecule has 1 amide bonds. The number of alkyl halides is 3. The molecule has 1 aliphatic rings. The van der Waals surface area contributed by atoms with Gasteiger partial charge in [0, 0.05) is 26.1 Å². The summed E-state index contributed by atoms with van der Waals surface area (Å²) < 4.78 is 68.8. The van der Waals surface area contributed by atoms with Gasteiger partial charge in [-0.15, -0.1) is 0 Å². The number of imidazole rings is 1. The Labute approximate surface area is 209 Å². The van der Waals surface area contributed by atoms with Crippen LogP contribution in [0.25, 0.3) is 0 Å². The lowest BCUT2D eigenvalue weighted by molar-refractivity contribution is -0.137. The molecule has 35 heavy (non-hydrogen) atoms. The SMILES string of the molecule is Cn1cnc(S(=O)(=O)N2C[C@@H](NC(=O)c3cccc(C(F)(F)F)c3Cl)[C@H](c3ccccc3)C2)c1Cl. The van der Waals surface area contributed by atoms with Crippen LogP contribution in [0.2, 0.25) is 10.2 Å². The Morgan fingerprint density at radius 2 is 1.77 bits per heavy atom. The van der Waals surface area contributed by atoms with E-state index in [4.69, 9.17) is 23.2 Å². The molecule has 186 valence electrons. The number of carbonyl (C=O) groups excluding carboxylic acids is 1. The highest BCUT2D eigenvalue weighted by Gasteiger charge is 2.43. The van der Waals surface area contributed by atoms with Crippen LogP contribution in [0.4, 0.5) is 13.2 Å². The van der Waals surface area contributed by atoms with Crippen LogP contribution >= 0.6 is 23.2 Å². The lowest BCUT2D eigenvalue weighted by atomic mass is 9.94. The van der Waals surface area contributed by atoms with E-state index in [2.05, 4.69) is 10.3 Å². The molecule has 2 heterocycles. The lowest BCUT2D eigenvalue weighted by Crippen LogP contribution is -2.40. The highest BCUT2D eigenvalue weighted by molar-refractivity contribution is 7.89. The monoisotopic (exact) mass is 546 g/mol. The summed E-state index contributed by atoms with van der Waals surface area (Å²) in [7, 11) is -2.57. The Hall–Kier alpha value is -2.60. The van der Waals surface area contributed by atoms with Crippen LogP contribution in [-0.4, -0.2) is 47.3 Å². The molecule has 0 aliphatic carbocycles. The van der Waals surface area contributed by atoms with Gasteiger partial charge in [0.05, 0.1) is 28.5 Å². The molecule has 1 saturated heterocycles. The number of amides is 1. The van der Waals surface area contributed by atoms with E-state index in [9.17, 15) is 26.4 Å². The minimum atomic E-state index is -4.74. The summed E-state index contributed by atoms with van der Waals surface area (Å²) in [5, 5.41) is 1.57. The predicted octanol–water partition coefficient (Wildman–Crippen LogP) is 4.33. The minimum Gasteiger partial charge on any atom is -0.347 e. The molecule has 1 fully saturated rings. The molecule has 3 aromatic rings. The number of hydrogen-bond donors (Lipinski definition) is 1. The molecule has 13 heteroatoms. The van der Waals surface area contributed by atoms with E-state index in [1.165, 1.54) is 17.0 Å². The molecule has 7 nitrogen and oxygen atoms in total. The Kier molecular flexibility index (Phi) is 6.89. The Morgan fingerprint density at radius 3 is 2.37 bits per heavy atom. The average Bonchev–Trinajstić information content (AvgIpc) is 3.38. The Morgan fingerprint density at radius 1 is 1.09 bits per heavy atom. The summed E-state index contributed by atoms with van der Waals surface area (Å²) in [4.78, 5) is 16.9. The topological polar surface area (TPSA) is 84.3 Å². The number of aryl methyl sites for hydroxylation is 1. The van der Waals surface area contributed by atoms with E-state index in [0.29, 0.717) is 0 Å². The summed E-state index contributed by atoms with van der Waals surface area (Å²) in [6.45, 7) is -0.141. The molecule has 0 bridgehead atoms. The standard InChI is InChI=1S/C22H19Cl2F3N4O3S/c1-30-12-28-21(19(30)24)35(33,34)31-10-15(13-6-3-2-4-7-13)17(11-31)29-20(32)14-8-5-9-16(18(14)23)22(25,26)27/h2-9,12,15,17H,10-11H2,1H3,(H,29,32)/t15-,17+/m0/s1. The third kappa shape index (κ3) is 4.90. The Balaban J connectivity index is 1.66. The smallest absolute Gasteiger partial charge is 0.347 e. The van der Waals surface area contributed by atoms with Crippen molar-refractivity contribution in [1.29, 1.82) is 0 Å². The molecule has 0 saturated carbocycles. The highest BCUT2D eigenvalue weighted by Crippen LogP contribution is 2.37. The van der Waals surface area contributed by atoms with Gasteiger partial charge in [-0.25, -0.2) is 13.4 Å². The fourth-order valence-electron chi connectivity index (χ4n) is 4.01. The van der Waals surface area contributed by atoms with Gasteiger partial charge in [-0.1, -0.05) is 59.6 Å². The van der Waals surface area contributed by atoms with Gasteiger partial charge in [-0.05, 0) is 17.7 Å². The molecule has 1 aromatic heterocycles. The van der Waals surface area contributed by atoms with Crippen molar-refractivity contribution in [3.63, 3.8) is 0 Å². The van der Waals surface area contributed by atoms with Crippen LogP contribution < -0.4 is 5.32 Å². The molecule has 2 aromatic carbocycles. The van der Waals surface area contributed by atoms with Crippen molar-refractivity contribution >= 4 is 39.1 Å². The van der Waals surface area contributed by atoms with Gasteiger partial charge < -0.3 is 9.88 Å². The summed E-state index contributed by atoms with van der Waals surface area (Å²) in [5.41, 5.74) is -0.744. The quantitative estimate of drug-likeness (QED) is 0.516. The number of nitrogens with one attached hydrogen (secondary N) is 1. The average molecular weight is 547 g/mol. The third-order valence-electron chi connectivity index (χ3n) is 5.80. The summed E-state index contributed by atoms with van der Waals surface area (Å²) in [6, 6.07) is 11.2. The van der Waals surface area contributed by atoms with Gasteiger partial charge in [0.1, 0.15) is 5.15 Å². The van der Waals surface area contributed by atoms with Gasteiger partial charge in [0.2, 0.25) is 5.03 Å². The first kappa shape index (κ1) is 25.5.